The summed E-state index contributed by atoms with van der Waals surface area (Å²) >= 11 is 0. The van der Waals surface area contributed by atoms with Crippen LogP contribution in [-0.2, 0) is 14.3 Å². The molecule has 0 spiro atoms. The van der Waals surface area contributed by atoms with E-state index in [1.807, 2.05) is 0 Å². The molecule has 0 radical (unpaired) electrons. The highest BCUT2D eigenvalue weighted by Crippen LogP contribution is 2.53. The first kappa shape index (κ1) is 12.0. The molecule has 0 aliphatic carbocycles. The molecule has 1 unspecified atom stereocenters. The fourth-order valence-electron chi connectivity index (χ4n) is 1.29. The first-order chi connectivity index (χ1) is 6.70. The van der Waals surface area contributed by atoms with Crippen LogP contribution in [0.2, 0.25) is 0 Å². The second-order valence-corrected chi connectivity index (χ2v) is 3.05. The lowest BCUT2D eigenvalue weighted by Crippen LogP contribution is -2.64. The monoisotopic (exact) mass is 228 g/mol. The van der Waals surface area contributed by atoms with Crippen LogP contribution < -0.4 is 0 Å². The minimum Gasteiger partial charge on any atom is -0.459 e. The average Bonchev–Trinajstić information content (AvgIpc) is 1.99. The fourth-order valence-corrected chi connectivity index (χ4v) is 1.29. The zero-order chi connectivity index (χ0) is 11.9. The van der Waals surface area contributed by atoms with Gasteiger partial charge in [0.2, 0.25) is 0 Å². The van der Waals surface area contributed by atoms with Crippen LogP contribution >= 0.6 is 0 Å². The van der Waals surface area contributed by atoms with E-state index in [1.165, 1.54) is 0 Å². The predicted octanol–water partition coefficient (Wildman–Crippen LogP) is 1.94. The summed E-state index contributed by atoms with van der Waals surface area (Å²) < 4.78 is 57.7. The second kappa shape index (κ2) is 3.48. The van der Waals surface area contributed by atoms with Crippen molar-refractivity contribution >= 4 is 5.97 Å². The van der Waals surface area contributed by atoms with Gasteiger partial charge in [-0.25, -0.2) is 4.79 Å². The molecule has 0 amide bonds. The van der Waals surface area contributed by atoms with E-state index in [-0.39, 0.29) is 0 Å². The molecule has 1 saturated heterocycles. The number of hydrogen-bond acceptors (Lipinski definition) is 3. The summed E-state index contributed by atoms with van der Waals surface area (Å²) in [4.78, 5) is 10.6. The molecule has 7 heteroatoms. The molecule has 0 bridgehead atoms. The predicted molar refractivity (Wildman–Crippen MR) is 40.2 cm³/mol. The molecule has 86 valence electrons. The minimum atomic E-state index is -3.98. The molecule has 1 fully saturated rings. The lowest BCUT2D eigenvalue weighted by atomic mass is 9.96. The molecule has 1 aliphatic heterocycles. The standard InChI is InChI=1S/C8H8F4O3/c1-3-5(13)14-4(2)6-7(9,10)15-8(6,11)12/h3-4,6H,1H2,2H3. The number of carbonyl (C=O) groups is 1. The van der Waals surface area contributed by atoms with E-state index in [2.05, 4.69) is 16.1 Å². The molecule has 3 nitrogen and oxygen atoms in total. The van der Waals surface area contributed by atoms with Crippen LogP contribution in [0.1, 0.15) is 6.92 Å². The van der Waals surface area contributed by atoms with Gasteiger partial charge in [-0.2, -0.15) is 17.6 Å². The molecule has 1 atom stereocenters. The van der Waals surface area contributed by atoms with Gasteiger partial charge in [0.25, 0.3) is 0 Å². The van der Waals surface area contributed by atoms with Crippen LogP contribution in [-0.4, -0.2) is 24.3 Å². The average molecular weight is 228 g/mol. The Morgan fingerprint density at radius 2 is 1.93 bits per heavy atom. The Bertz CT molecular complexity index is 276. The molecule has 0 aromatic heterocycles. The Hall–Kier alpha value is -1.11. The Morgan fingerprint density at radius 1 is 1.47 bits per heavy atom. The van der Waals surface area contributed by atoms with Crippen LogP contribution in [0.5, 0.6) is 0 Å². The number of rotatable bonds is 3. The van der Waals surface area contributed by atoms with Gasteiger partial charge in [0.15, 0.2) is 5.92 Å². The third-order valence-electron chi connectivity index (χ3n) is 1.93. The van der Waals surface area contributed by atoms with Gasteiger partial charge < -0.3 is 4.74 Å². The fraction of sp³-hybridized carbons (Fsp3) is 0.625. The summed E-state index contributed by atoms with van der Waals surface area (Å²) in [5, 5.41) is 0. The number of hydrogen-bond donors (Lipinski definition) is 0. The molecule has 15 heavy (non-hydrogen) atoms. The number of alkyl halides is 4. The van der Waals surface area contributed by atoms with E-state index in [1.54, 1.807) is 0 Å². The van der Waals surface area contributed by atoms with Crippen molar-refractivity contribution in [2.75, 3.05) is 0 Å². The number of carbonyl (C=O) groups excluding carboxylic acids is 1. The van der Waals surface area contributed by atoms with Crippen molar-refractivity contribution in [2.45, 2.75) is 25.2 Å². The Balaban J connectivity index is 2.69. The Morgan fingerprint density at radius 3 is 2.27 bits per heavy atom. The van der Waals surface area contributed by atoms with Crippen LogP contribution in [0, 0.1) is 5.92 Å². The van der Waals surface area contributed by atoms with E-state index >= 15 is 0 Å². The zero-order valence-corrected chi connectivity index (χ0v) is 7.68. The van der Waals surface area contributed by atoms with Crippen LogP contribution in [0.15, 0.2) is 12.7 Å². The van der Waals surface area contributed by atoms with Gasteiger partial charge in [0.1, 0.15) is 6.10 Å². The maximum Gasteiger partial charge on any atom is 0.375 e. The van der Waals surface area contributed by atoms with Crippen molar-refractivity contribution in [1.29, 1.82) is 0 Å². The van der Waals surface area contributed by atoms with Gasteiger partial charge in [0, 0.05) is 6.08 Å². The van der Waals surface area contributed by atoms with Gasteiger partial charge in [0.05, 0.1) is 0 Å². The summed E-state index contributed by atoms with van der Waals surface area (Å²) in [6.45, 7) is 3.95. The second-order valence-electron chi connectivity index (χ2n) is 3.05. The summed E-state index contributed by atoms with van der Waals surface area (Å²) in [5.41, 5.74) is 0. The van der Waals surface area contributed by atoms with Crippen LogP contribution in [0.4, 0.5) is 17.6 Å². The molecule has 0 N–H and O–H groups in total. The minimum absolute atomic E-state index is 0.701. The van der Waals surface area contributed by atoms with Crippen molar-refractivity contribution in [3.05, 3.63) is 12.7 Å². The largest absolute Gasteiger partial charge is 0.459 e. The Labute approximate surface area is 82.6 Å². The lowest BCUT2D eigenvalue weighted by molar-refractivity contribution is -0.526. The third-order valence-corrected chi connectivity index (χ3v) is 1.93. The third kappa shape index (κ3) is 2.11. The van der Waals surface area contributed by atoms with Gasteiger partial charge in [-0.3, -0.25) is 4.74 Å². The maximum atomic E-state index is 12.6. The van der Waals surface area contributed by atoms with Crippen molar-refractivity contribution in [2.24, 2.45) is 5.92 Å². The van der Waals surface area contributed by atoms with Crippen molar-refractivity contribution in [3.8, 4) is 0 Å². The molecule has 0 aromatic rings. The highest BCUT2D eigenvalue weighted by molar-refractivity contribution is 5.81. The summed E-state index contributed by atoms with van der Waals surface area (Å²) in [7, 11) is 0. The molecule has 0 aromatic carbocycles. The first-order valence-electron chi connectivity index (χ1n) is 3.99. The maximum absolute atomic E-state index is 12.6. The van der Waals surface area contributed by atoms with Gasteiger partial charge in [-0.05, 0) is 6.92 Å². The smallest absolute Gasteiger partial charge is 0.375 e. The highest BCUT2D eigenvalue weighted by atomic mass is 19.3. The normalized spacial score (nSPS) is 25.1. The van der Waals surface area contributed by atoms with Crippen LogP contribution in [0.25, 0.3) is 0 Å². The molecule has 0 saturated carbocycles. The topological polar surface area (TPSA) is 35.5 Å². The van der Waals surface area contributed by atoms with Crippen molar-refractivity contribution in [1.82, 2.24) is 0 Å². The molecule has 1 heterocycles. The van der Waals surface area contributed by atoms with Crippen LogP contribution in [0.3, 0.4) is 0 Å². The van der Waals surface area contributed by atoms with E-state index in [9.17, 15) is 22.4 Å². The number of halogens is 4. The molecular weight excluding hydrogens is 220 g/mol. The van der Waals surface area contributed by atoms with Crippen molar-refractivity contribution < 1.29 is 31.8 Å². The molecular formula is C8H8F4O3. The Kier molecular flexibility index (Phi) is 2.77. The zero-order valence-electron chi connectivity index (χ0n) is 7.68. The number of ether oxygens (including phenoxy) is 2. The van der Waals surface area contributed by atoms with E-state index in [4.69, 9.17) is 0 Å². The molecule has 1 aliphatic rings. The van der Waals surface area contributed by atoms with E-state index < -0.39 is 30.2 Å². The summed E-state index contributed by atoms with van der Waals surface area (Å²) in [5.74, 6) is -3.50. The lowest BCUT2D eigenvalue weighted by Gasteiger charge is -2.44. The van der Waals surface area contributed by atoms with Gasteiger partial charge >= 0.3 is 18.2 Å². The van der Waals surface area contributed by atoms with E-state index in [0.29, 0.717) is 6.08 Å². The van der Waals surface area contributed by atoms with Crippen molar-refractivity contribution in [3.63, 3.8) is 0 Å². The molecule has 1 rings (SSSR count). The number of esters is 1. The summed E-state index contributed by atoms with van der Waals surface area (Å²) in [6.07, 6.45) is -8.92. The SMILES string of the molecule is C=CC(=O)OC(C)C1C(F)(F)OC1(F)F. The van der Waals surface area contributed by atoms with Gasteiger partial charge in [-0.1, -0.05) is 6.58 Å². The highest BCUT2D eigenvalue weighted by Gasteiger charge is 2.73. The van der Waals surface area contributed by atoms with E-state index in [0.717, 1.165) is 6.92 Å². The van der Waals surface area contributed by atoms with Gasteiger partial charge in [-0.15, -0.1) is 0 Å². The first-order valence-corrected chi connectivity index (χ1v) is 3.99. The summed E-state index contributed by atoms with van der Waals surface area (Å²) in [6, 6.07) is 0. The quantitative estimate of drug-likeness (QED) is 0.420.